The van der Waals surface area contributed by atoms with Crippen LogP contribution in [0.15, 0.2) is 0 Å². The third-order valence-electron chi connectivity index (χ3n) is 1.83. The Morgan fingerprint density at radius 2 is 2.08 bits per heavy atom. The van der Waals surface area contributed by atoms with E-state index in [0.717, 1.165) is 19.5 Å². The van der Waals surface area contributed by atoms with Crippen molar-refractivity contribution < 1.29 is 4.79 Å². The maximum atomic E-state index is 11.1. The van der Waals surface area contributed by atoms with Crippen LogP contribution in [0.3, 0.4) is 0 Å². The molecule has 1 amide bonds. The van der Waals surface area contributed by atoms with Gasteiger partial charge >= 0.3 is 0 Å². The van der Waals surface area contributed by atoms with Gasteiger partial charge in [-0.05, 0) is 19.3 Å². The lowest BCUT2D eigenvalue weighted by molar-refractivity contribution is -0.128. The number of nitrogens with zero attached hydrogens (tertiary/aromatic N) is 1. The summed E-state index contributed by atoms with van der Waals surface area (Å²) in [6, 6.07) is 0. The molecule has 12 heavy (non-hydrogen) atoms. The largest absolute Gasteiger partial charge is 0.342 e. The molecular formula is C9H18ClNO. The molecule has 0 aliphatic carbocycles. The zero-order valence-electron chi connectivity index (χ0n) is 8.14. The molecule has 0 radical (unpaired) electrons. The molecule has 0 aliphatic rings. The summed E-state index contributed by atoms with van der Waals surface area (Å²) in [5, 5.41) is 0. The molecule has 0 saturated carbocycles. The quantitative estimate of drug-likeness (QED) is 0.610. The van der Waals surface area contributed by atoms with Crippen molar-refractivity contribution in [2.45, 2.75) is 27.2 Å². The van der Waals surface area contributed by atoms with Crippen LogP contribution in [0, 0.1) is 5.92 Å². The van der Waals surface area contributed by atoms with Gasteiger partial charge in [-0.25, -0.2) is 0 Å². The Labute approximate surface area is 79.9 Å². The van der Waals surface area contributed by atoms with Gasteiger partial charge in [-0.2, -0.15) is 0 Å². The van der Waals surface area contributed by atoms with Gasteiger partial charge < -0.3 is 4.90 Å². The Hall–Kier alpha value is -0.240. The van der Waals surface area contributed by atoms with Crippen LogP contribution in [-0.4, -0.2) is 29.8 Å². The van der Waals surface area contributed by atoms with Gasteiger partial charge in [0.25, 0.3) is 0 Å². The number of hydrogen-bond acceptors (Lipinski definition) is 1. The van der Waals surface area contributed by atoms with Crippen LogP contribution in [0.5, 0.6) is 0 Å². The van der Waals surface area contributed by atoms with E-state index in [1.165, 1.54) is 0 Å². The van der Waals surface area contributed by atoms with E-state index in [4.69, 9.17) is 11.6 Å². The van der Waals surface area contributed by atoms with Gasteiger partial charge in [0.2, 0.25) is 5.91 Å². The number of alkyl halides is 1. The Balaban J connectivity index is 3.75. The zero-order valence-corrected chi connectivity index (χ0v) is 8.90. The highest BCUT2D eigenvalue weighted by atomic mass is 35.5. The van der Waals surface area contributed by atoms with Crippen molar-refractivity contribution in [3.05, 3.63) is 0 Å². The number of amides is 1. The summed E-state index contributed by atoms with van der Waals surface area (Å²) in [6.45, 7) is 7.88. The molecule has 3 heteroatoms. The average Bonchev–Trinajstić information content (AvgIpc) is 2.04. The van der Waals surface area contributed by atoms with Gasteiger partial charge in [0, 0.05) is 13.1 Å². The van der Waals surface area contributed by atoms with Gasteiger partial charge in [-0.15, -0.1) is 11.6 Å². The van der Waals surface area contributed by atoms with Crippen LogP contribution in [0.25, 0.3) is 0 Å². The third-order valence-corrected chi connectivity index (χ3v) is 2.05. The van der Waals surface area contributed by atoms with Gasteiger partial charge in [0.05, 0.1) is 0 Å². The second kappa shape index (κ2) is 6.30. The molecule has 0 atom stereocenters. The predicted octanol–water partition coefficient (Wildman–Crippen LogP) is 2.12. The fourth-order valence-electron chi connectivity index (χ4n) is 0.958. The van der Waals surface area contributed by atoms with Crippen molar-refractivity contribution in [1.29, 1.82) is 0 Å². The predicted molar refractivity (Wildman–Crippen MR) is 52.4 cm³/mol. The van der Waals surface area contributed by atoms with Gasteiger partial charge in [0.15, 0.2) is 0 Å². The maximum Gasteiger partial charge on any atom is 0.237 e. The second-order valence-electron chi connectivity index (χ2n) is 3.29. The van der Waals surface area contributed by atoms with Crippen LogP contribution < -0.4 is 0 Å². The highest BCUT2D eigenvalue weighted by molar-refractivity contribution is 6.27. The average molecular weight is 192 g/mol. The summed E-state index contributed by atoms with van der Waals surface area (Å²) in [4.78, 5) is 12.9. The zero-order chi connectivity index (χ0) is 9.56. The van der Waals surface area contributed by atoms with Gasteiger partial charge in [-0.1, -0.05) is 13.8 Å². The molecule has 0 saturated heterocycles. The fourth-order valence-corrected chi connectivity index (χ4v) is 1.13. The molecule has 0 aromatic carbocycles. The molecule has 0 N–H and O–H groups in total. The normalized spacial score (nSPS) is 10.4. The van der Waals surface area contributed by atoms with E-state index in [9.17, 15) is 4.79 Å². The molecule has 0 heterocycles. The SMILES string of the molecule is CCN(CCC(C)C)C(=O)CCl. The summed E-state index contributed by atoms with van der Waals surface area (Å²) in [6.07, 6.45) is 1.05. The van der Waals surface area contributed by atoms with Crippen molar-refractivity contribution in [2.75, 3.05) is 19.0 Å². The van der Waals surface area contributed by atoms with Crippen molar-refractivity contribution >= 4 is 17.5 Å². The molecule has 0 aromatic rings. The molecule has 0 fully saturated rings. The Kier molecular flexibility index (Phi) is 6.17. The molecular weight excluding hydrogens is 174 g/mol. The highest BCUT2D eigenvalue weighted by Gasteiger charge is 2.09. The lowest BCUT2D eigenvalue weighted by atomic mass is 10.1. The monoisotopic (exact) mass is 191 g/mol. The minimum absolute atomic E-state index is 0.0415. The topological polar surface area (TPSA) is 20.3 Å². The molecule has 2 nitrogen and oxygen atoms in total. The first-order valence-electron chi connectivity index (χ1n) is 4.45. The standard InChI is InChI=1S/C9H18ClNO/c1-4-11(9(12)7-10)6-5-8(2)3/h8H,4-7H2,1-3H3. The number of carbonyl (C=O) groups is 1. The van der Waals surface area contributed by atoms with Crippen LogP contribution in [0.4, 0.5) is 0 Å². The Bertz CT molecular complexity index is 136. The summed E-state index contributed by atoms with van der Waals surface area (Å²) in [7, 11) is 0. The summed E-state index contributed by atoms with van der Waals surface area (Å²) < 4.78 is 0. The van der Waals surface area contributed by atoms with E-state index >= 15 is 0 Å². The van der Waals surface area contributed by atoms with Crippen molar-refractivity contribution in [2.24, 2.45) is 5.92 Å². The summed E-state index contributed by atoms with van der Waals surface area (Å²) in [5.41, 5.74) is 0. The molecule has 0 unspecified atom stereocenters. The van der Waals surface area contributed by atoms with Gasteiger partial charge in [0.1, 0.15) is 5.88 Å². The minimum Gasteiger partial charge on any atom is -0.342 e. The number of hydrogen-bond donors (Lipinski definition) is 0. The van der Waals surface area contributed by atoms with E-state index < -0.39 is 0 Å². The first kappa shape index (κ1) is 11.8. The smallest absolute Gasteiger partial charge is 0.237 e. The molecule has 0 bridgehead atoms. The van der Waals surface area contributed by atoms with Crippen molar-refractivity contribution in [3.63, 3.8) is 0 Å². The first-order valence-corrected chi connectivity index (χ1v) is 4.99. The lowest BCUT2D eigenvalue weighted by Gasteiger charge is -2.20. The van der Waals surface area contributed by atoms with Crippen LogP contribution in [0.1, 0.15) is 27.2 Å². The summed E-state index contributed by atoms with van der Waals surface area (Å²) >= 11 is 5.45. The Morgan fingerprint density at radius 3 is 2.42 bits per heavy atom. The number of carbonyl (C=O) groups excluding carboxylic acids is 1. The van der Waals surface area contributed by atoms with E-state index in [2.05, 4.69) is 13.8 Å². The van der Waals surface area contributed by atoms with Crippen molar-refractivity contribution in [3.8, 4) is 0 Å². The van der Waals surface area contributed by atoms with Crippen LogP contribution in [0.2, 0.25) is 0 Å². The fraction of sp³-hybridized carbons (Fsp3) is 0.889. The maximum absolute atomic E-state index is 11.1. The molecule has 0 spiro atoms. The van der Waals surface area contributed by atoms with Crippen LogP contribution in [-0.2, 0) is 4.79 Å². The van der Waals surface area contributed by atoms with E-state index in [1.54, 1.807) is 4.90 Å². The summed E-state index contributed by atoms with van der Waals surface area (Å²) in [5.74, 6) is 0.786. The van der Waals surface area contributed by atoms with E-state index in [-0.39, 0.29) is 11.8 Å². The van der Waals surface area contributed by atoms with Crippen LogP contribution >= 0.6 is 11.6 Å². The Morgan fingerprint density at radius 1 is 1.50 bits per heavy atom. The van der Waals surface area contributed by atoms with E-state index in [1.807, 2.05) is 6.92 Å². The lowest BCUT2D eigenvalue weighted by Crippen LogP contribution is -2.33. The van der Waals surface area contributed by atoms with Crippen molar-refractivity contribution in [1.82, 2.24) is 4.90 Å². The first-order chi connectivity index (χ1) is 5.61. The molecule has 0 aliphatic heterocycles. The number of halogens is 1. The minimum atomic E-state index is 0.0415. The molecule has 0 aromatic heterocycles. The molecule has 0 rings (SSSR count). The second-order valence-corrected chi connectivity index (χ2v) is 3.56. The van der Waals surface area contributed by atoms with Gasteiger partial charge in [-0.3, -0.25) is 4.79 Å². The number of rotatable bonds is 5. The third kappa shape index (κ3) is 4.60. The van der Waals surface area contributed by atoms with E-state index in [0.29, 0.717) is 5.92 Å². The highest BCUT2D eigenvalue weighted by Crippen LogP contribution is 2.02. The molecule has 72 valence electrons.